The van der Waals surface area contributed by atoms with Crippen LogP contribution in [0.4, 0.5) is 0 Å². The number of amides is 2. The Bertz CT molecular complexity index is 848. The Labute approximate surface area is 170 Å². The van der Waals surface area contributed by atoms with Gasteiger partial charge in [0.25, 0.3) is 11.8 Å². The standard InChI is InChI=1S/C23H26N2O4/c1-15(2)19(25-21(26)17-11-7-4-8-12-17)23(28)29-20(16-9-5-3-6-10-16)22(27)24-18-13-14-18/h3-12,15,18-20H,13-14H2,1-2H3,(H,24,27)(H,25,26). The van der Waals surface area contributed by atoms with Crippen LogP contribution < -0.4 is 10.6 Å². The van der Waals surface area contributed by atoms with E-state index in [1.54, 1.807) is 48.5 Å². The maximum atomic E-state index is 12.9. The van der Waals surface area contributed by atoms with Crippen LogP contribution in [0.2, 0.25) is 0 Å². The number of ether oxygens (including phenoxy) is 1. The first-order chi connectivity index (χ1) is 14.0. The van der Waals surface area contributed by atoms with Gasteiger partial charge in [-0.2, -0.15) is 0 Å². The quantitative estimate of drug-likeness (QED) is 0.674. The van der Waals surface area contributed by atoms with Crippen molar-refractivity contribution < 1.29 is 19.1 Å². The molecule has 1 fully saturated rings. The number of hydrogen-bond acceptors (Lipinski definition) is 4. The summed E-state index contributed by atoms with van der Waals surface area (Å²) in [4.78, 5) is 38.1. The van der Waals surface area contributed by atoms with Crippen molar-refractivity contribution in [3.05, 3.63) is 71.8 Å². The van der Waals surface area contributed by atoms with E-state index in [1.807, 2.05) is 26.0 Å². The number of carbonyl (C=O) groups is 3. The van der Waals surface area contributed by atoms with Crippen molar-refractivity contribution in [2.45, 2.75) is 44.9 Å². The zero-order valence-electron chi connectivity index (χ0n) is 16.6. The third-order valence-corrected chi connectivity index (χ3v) is 4.74. The van der Waals surface area contributed by atoms with Gasteiger partial charge in [0.2, 0.25) is 6.10 Å². The normalized spacial score (nSPS) is 15.3. The van der Waals surface area contributed by atoms with Gasteiger partial charge >= 0.3 is 5.97 Å². The molecule has 1 aliphatic rings. The van der Waals surface area contributed by atoms with Crippen molar-refractivity contribution in [1.29, 1.82) is 0 Å². The molecule has 152 valence electrons. The van der Waals surface area contributed by atoms with E-state index >= 15 is 0 Å². The Balaban J connectivity index is 1.74. The van der Waals surface area contributed by atoms with E-state index in [9.17, 15) is 14.4 Å². The fourth-order valence-corrected chi connectivity index (χ4v) is 2.91. The van der Waals surface area contributed by atoms with Crippen LogP contribution in [0.1, 0.15) is 48.7 Å². The van der Waals surface area contributed by atoms with Gasteiger partial charge in [-0.3, -0.25) is 9.59 Å². The molecule has 3 rings (SSSR count). The molecule has 2 amide bonds. The molecule has 6 nitrogen and oxygen atoms in total. The molecule has 0 aromatic heterocycles. The Kier molecular flexibility index (Phi) is 6.65. The minimum absolute atomic E-state index is 0.145. The smallest absolute Gasteiger partial charge is 0.330 e. The average Bonchev–Trinajstić information content (AvgIpc) is 3.54. The minimum Gasteiger partial charge on any atom is -0.446 e. The number of hydrogen-bond donors (Lipinski definition) is 2. The molecule has 2 atom stereocenters. The van der Waals surface area contributed by atoms with E-state index in [-0.39, 0.29) is 23.8 Å². The van der Waals surface area contributed by atoms with Gasteiger partial charge in [0.15, 0.2) is 0 Å². The SMILES string of the molecule is CC(C)C(NC(=O)c1ccccc1)C(=O)OC(C(=O)NC1CC1)c1ccccc1. The second-order valence-corrected chi connectivity index (χ2v) is 7.57. The Morgan fingerprint density at radius 3 is 2.07 bits per heavy atom. The van der Waals surface area contributed by atoms with Crippen molar-refractivity contribution in [3.63, 3.8) is 0 Å². The lowest BCUT2D eigenvalue weighted by Crippen LogP contribution is -2.46. The van der Waals surface area contributed by atoms with E-state index in [1.165, 1.54) is 0 Å². The first-order valence-corrected chi connectivity index (χ1v) is 9.87. The van der Waals surface area contributed by atoms with E-state index < -0.39 is 18.1 Å². The molecule has 29 heavy (non-hydrogen) atoms. The Morgan fingerprint density at radius 2 is 1.52 bits per heavy atom. The summed E-state index contributed by atoms with van der Waals surface area (Å²) in [6.07, 6.45) is 0.811. The van der Waals surface area contributed by atoms with Gasteiger partial charge in [0.1, 0.15) is 6.04 Å². The largest absolute Gasteiger partial charge is 0.446 e. The van der Waals surface area contributed by atoms with Crippen molar-refractivity contribution in [2.24, 2.45) is 5.92 Å². The fourth-order valence-electron chi connectivity index (χ4n) is 2.91. The molecule has 2 N–H and O–H groups in total. The Hall–Kier alpha value is -3.15. The highest BCUT2D eigenvalue weighted by molar-refractivity contribution is 5.97. The predicted octanol–water partition coefficient (Wildman–Crippen LogP) is 3.00. The second-order valence-electron chi connectivity index (χ2n) is 7.57. The molecule has 0 saturated heterocycles. The van der Waals surface area contributed by atoms with Crippen molar-refractivity contribution in [1.82, 2.24) is 10.6 Å². The maximum Gasteiger partial charge on any atom is 0.330 e. The van der Waals surface area contributed by atoms with Gasteiger partial charge in [-0.05, 0) is 30.9 Å². The lowest BCUT2D eigenvalue weighted by molar-refractivity contribution is -0.159. The van der Waals surface area contributed by atoms with Gasteiger partial charge in [-0.25, -0.2) is 4.79 Å². The number of esters is 1. The van der Waals surface area contributed by atoms with Crippen LogP contribution in [0.15, 0.2) is 60.7 Å². The molecule has 1 saturated carbocycles. The van der Waals surface area contributed by atoms with Crippen LogP contribution in [0.25, 0.3) is 0 Å². The van der Waals surface area contributed by atoms with Crippen molar-refractivity contribution in [3.8, 4) is 0 Å². The van der Waals surface area contributed by atoms with Crippen LogP contribution in [0.5, 0.6) is 0 Å². The minimum atomic E-state index is -1.06. The van der Waals surface area contributed by atoms with Crippen LogP contribution in [0, 0.1) is 5.92 Å². The third kappa shape index (κ3) is 5.67. The van der Waals surface area contributed by atoms with Crippen molar-refractivity contribution in [2.75, 3.05) is 0 Å². The van der Waals surface area contributed by atoms with E-state index in [2.05, 4.69) is 10.6 Å². The lowest BCUT2D eigenvalue weighted by atomic mass is 10.0. The maximum absolute atomic E-state index is 12.9. The summed E-state index contributed by atoms with van der Waals surface area (Å²) in [6, 6.07) is 16.8. The van der Waals surface area contributed by atoms with Gasteiger partial charge in [0.05, 0.1) is 0 Å². The molecule has 0 aliphatic heterocycles. The lowest BCUT2D eigenvalue weighted by Gasteiger charge is -2.24. The second kappa shape index (κ2) is 9.37. The summed E-state index contributed by atoms with van der Waals surface area (Å²) in [5, 5.41) is 5.63. The van der Waals surface area contributed by atoms with E-state index in [0.29, 0.717) is 11.1 Å². The first kappa shape index (κ1) is 20.6. The Morgan fingerprint density at radius 1 is 0.931 bits per heavy atom. The van der Waals surface area contributed by atoms with E-state index in [4.69, 9.17) is 4.74 Å². The predicted molar refractivity (Wildman–Crippen MR) is 109 cm³/mol. The molecule has 0 radical (unpaired) electrons. The summed E-state index contributed by atoms with van der Waals surface area (Å²) in [5.41, 5.74) is 1.05. The van der Waals surface area contributed by atoms with Crippen LogP contribution in [-0.4, -0.2) is 29.9 Å². The molecule has 6 heteroatoms. The monoisotopic (exact) mass is 394 g/mol. The summed E-state index contributed by atoms with van der Waals surface area (Å²) in [5.74, 6) is -1.55. The highest BCUT2D eigenvalue weighted by Gasteiger charge is 2.34. The van der Waals surface area contributed by atoms with Gasteiger partial charge in [0, 0.05) is 17.2 Å². The molecule has 2 unspecified atom stereocenters. The van der Waals surface area contributed by atoms with Gasteiger partial charge in [-0.15, -0.1) is 0 Å². The third-order valence-electron chi connectivity index (χ3n) is 4.74. The molecular weight excluding hydrogens is 368 g/mol. The summed E-state index contributed by atoms with van der Waals surface area (Å²) < 4.78 is 5.62. The highest BCUT2D eigenvalue weighted by Crippen LogP contribution is 2.24. The first-order valence-electron chi connectivity index (χ1n) is 9.87. The average molecular weight is 394 g/mol. The molecule has 0 heterocycles. The van der Waals surface area contributed by atoms with Gasteiger partial charge in [-0.1, -0.05) is 62.4 Å². The van der Waals surface area contributed by atoms with Crippen LogP contribution >= 0.6 is 0 Å². The zero-order chi connectivity index (χ0) is 20.8. The van der Waals surface area contributed by atoms with Crippen LogP contribution in [0.3, 0.4) is 0 Å². The number of benzene rings is 2. The summed E-state index contributed by atoms with van der Waals surface area (Å²) >= 11 is 0. The molecule has 2 aromatic rings. The number of nitrogens with one attached hydrogen (secondary N) is 2. The molecule has 1 aliphatic carbocycles. The number of rotatable bonds is 8. The zero-order valence-corrected chi connectivity index (χ0v) is 16.6. The molecule has 2 aromatic carbocycles. The summed E-state index contributed by atoms with van der Waals surface area (Å²) in [6.45, 7) is 3.64. The molecular formula is C23H26N2O4. The van der Waals surface area contributed by atoms with Gasteiger partial charge < -0.3 is 15.4 Å². The topological polar surface area (TPSA) is 84.5 Å². The fraction of sp³-hybridized carbons (Fsp3) is 0.348. The van der Waals surface area contributed by atoms with E-state index in [0.717, 1.165) is 12.8 Å². The highest BCUT2D eigenvalue weighted by atomic mass is 16.5. The number of carbonyl (C=O) groups excluding carboxylic acids is 3. The van der Waals surface area contributed by atoms with Crippen molar-refractivity contribution >= 4 is 17.8 Å². The van der Waals surface area contributed by atoms with Crippen LogP contribution in [-0.2, 0) is 14.3 Å². The molecule has 0 spiro atoms. The summed E-state index contributed by atoms with van der Waals surface area (Å²) in [7, 11) is 0. The molecule has 0 bridgehead atoms.